The average molecular weight is 248 g/mol. The Morgan fingerprint density at radius 1 is 1.61 bits per heavy atom. The molecule has 3 N–H and O–H groups in total. The van der Waals surface area contributed by atoms with Crippen LogP contribution in [0.3, 0.4) is 0 Å². The fraction of sp³-hybridized carbons (Fsp3) is 0.538. The molecule has 0 bridgehead atoms. The number of aromatic nitrogens is 1. The van der Waals surface area contributed by atoms with Gasteiger partial charge in [-0.3, -0.25) is 4.79 Å². The number of pyridine rings is 1. The molecule has 0 spiro atoms. The summed E-state index contributed by atoms with van der Waals surface area (Å²) in [5, 5.41) is 2.72. The van der Waals surface area contributed by atoms with Crippen LogP contribution >= 0.6 is 0 Å². The first-order chi connectivity index (χ1) is 8.74. The van der Waals surface area contributed by atoms with Gasteiger partial charge >= 0.3 is 0 Å². The number of carbonyl (C=O) groups is 1. The van der Waals surface area contributed by atoms with Gasteiger partial charge in [0, 0.05) is 32.9 Å². The summed E-state index contributed by atoms with van der Waals surface area (Å²) < 4.78 is 0. The molecule has 0 radical (unpaired) electrons. The molecule has 1 aromatic heterocycles. The van der Waals surface area contributed by atoms with Crippen molar-refractivity contribution in [2.45, 2.75) is 19.4 Å². The lowest BCUT2D eigenvalue weighted by Crippen LogP contribution is -2.42. The maximum atomic E-state index is 11.7. The van der Waals surface area contributed by atoms with Gasteiger partial charge in [-0.15, -0.1) is 0 Å². The number of anilines is 1. The quantitative estimate of drug-likeness (QED) is 0.817. The first kappa shape index (κ1) is 12.8. The number of rotatable bonds is 3. The van der Waals surface area contributed by atoms with E-state index in [-0.39, 0.29) is 11.8 Å². The molecule has 1 aliphatic rings. The van der Waals surface area contributed by atoms with Crippen LogP contribution in [0.2, 0.25) is 0 Å². The average Bonchev–Trinajstić information content (AvgIpc) is 2.46. The SMILES string of the molecule is CNC(=O)C1CCCN(c2ccc(CN)cn2)C1. The van der Waals surface area contributed by atoms with E-state index in [2.05, 4.69) is 15.2 Å². The van der Waals surface area contributed by atoms with E-state index < -0.39 is 0 Å². The van der Waals surface area contributed by atoms with E-state index in [1.165, 1.54) is 0 Å². The molecule has 98 valence electrons. The molecule has 1 amide bonds. The number of nitrogens with one attached hydrogen (secondary N) is 1. The summed E-state index contributed by atoms with van der Waals surface area (Å²) in [5.74, 6) is 1.12. The van der Waals surface area contributed by atoms with Crippen molar-refractivity contribution < 1.29 is 4.79 Å². The standard InChI is InChI=1S/C13H20N4O/c1-15-13(18)11-3-2-6-17(9-11)12-5-4-10(7-14)8-16-12/h4-5,8,11H,2-3,6-7,9,14H2,1H3,(H,15,18). The largest absolute Gasteiger partial charge is 0.359 e. The molecular formula is C13H20N4O. The van der Waals surface area contributed by atoms with E-state index in [1.807, 2.05) is 12.1 Å². The molecule has 1 atom stereocenters. The smallest absolute Gasteiger partial charge is 0.224 e. The maximum absolute atomic E-state index is 11.7. The Hall–Kier alpha value is -1.62. The van der Waals surface area contributed by atoms with E-state index in [0.717, 1.165) is 37.3 Å². The Balaban J connectivity index is 2.05. The van der Waals surface area contributed by atoms with E-state index in [4.69, 9.17) is 5.73 Å². The van der Waals surface area contributed by atoms with E-state index in [1.54, 1.807) is 13.2 Å². The van der Waals surface area contributed by atoms with Crippen LogP contribution in [0.5, 0.6) is 0 Å². The van der Waals surface area contributed by atoms with E-state index in [9.17, 15) is 4.79 Å². The number of nitrogens with two attached hydrogens (primary N) is 1. The normalized spacial score (nSPS) is 19.7. The third-order valence-electron chi connectivity index (χ3n) is 3.41. The Morgan fingerprint density at radius 3 is 3.06 bits per heavy atom. The lowest BCUT2D eigenvalue weighted by Gasteiger charge is -2.32. The van der Waals surface area contributed by atoms with Crippen molar-refractivity contribution in [3.05, 3.63) is 23.9 Å². The first-order valence-electron chi connectivity index (χ1n) is 6.36. The molecule has 1 fully saturated rings. The van der Waals surface area contributed by atoms with Crippen molar-refractivity contribution in [1.82, 2.24) is 10.3 Å². The molecule has 1 aromatic rings. The van der Waals surface area contributed by atoms with Gasteiger partial charge in [0.2, 0.25) is 5.91 Å². The Bertz CT molecular complexity index is 404. The molecule has 1 unspecified atom stereocenters. The number of piperidine rings is 1. The van der Waals surface area contributed by atoms with Gasteiger partial charge in [0.15, 0.2) is 0 Å². The molecule has 1 saturated heterocycles. The lowest BCUT2D eigenvalue weighted by molar-refractivity contribution is -0.124. The van der Waals surface area contributed by atoms with Gasteiger partial charge in [-0.1, -0.05) is 6.07 Å². The molecule has 0 aromatic carbocycles. The van der Waals surface area contributed by atoms with Crippen molar-refractivity contribution >= 4 is 11.7 Å². The van der Waals surface area contributed by atoms with Crippen LogP contribution in [0.1, 0.15) is 18.4 Å². The van der Waals surface area contributed by atoms with Gasteiger partial charge in [0.05, 0.1) is 5.92 Å². The molecule has 2 heterocycles. The number of amides is 1. The van der Waals surface area contributed by atoms with Gasteiger partial charge in [-0.25, -0.2) is 4.98 Å². The van der Waals surface area contributed by atoms with Crippen LogP contribution in [0.4, 0.5) is 5.82 Å². The van der Waals surface area contributed by atoms with Crippen molar-refractivity contribution in [1.29, 1.82) is 0 Å². The molecule has 1 aliphatic heterocycles. The third-order valence-corrected chi connectivity index (χ3v) is 3.41. The number of hydrogen-bond acceptors (Lipinski definition) is 4. The minimum Gasteiger partial charge on any atom is -0.359 e. The van der Waals surface area contributed by atoms with Crippen molar-refractivity contribution in [3.63, 3.8) is 0 Å². The highest BCUT2D eigenvalue weighted by Crippen LogP contribution is 2.21. The molecular weight excluding hydrogens is 228 g/mol. The van der Waals surface area contributed by atoms with Crippen LogP contribution in [0.25, 0.3) is 0 Å². The fourth-order valence-electron chi connectivity index (χ4n) is 2.33. The Morgan fingerprint density at radius 2 is 2.44 bits per heavy atom. The predicted octanol–water partition coefficient (Wildman–Crippen LogP) is 0.503. The molecule has 5 nitrogen and oxygen atoms in total. The Kier molecular flexibility index (Phi) is 4.15. The van der Waals surface area contributed by atoms with E-state index >= 15 is 0 Å². The molecule has 2 rings (SSSR count). The van der Waals surface area contributed by atoms with E-state index in [0.29, 0.717) is 6.54 Å². The number of nitrogens with zero attached hydrogens (tertiary/aromatic N) is 2. The topological polar surface area (TPSA) is 71.2 Å². The lowest BCUT2D eigenvalue weighted by atomic mass is 9.97. The fourth-order valence-corrected chi connectivity index (χ4v) is 2.33. The summed E-state index contributed by atoms with van der Waals surface area (Å²) in [6.07, 6.45) is 3.79. The minimum atomic E-state index is 0.0692. The minimum absolute atomic E-state index is 0.0692. The second-order valence-electron chi connectivity index (χ2n) is 4.63. The molecule has 5 heteroatoms. The highest BCUT2D eigenvalue weighted by molar-refractivity contribution is 5.79. The van der Waals surface area contributed by atoms with Crippen LogP contribution < -0.4 is 16.0 Å². The van der Waals surface area contributed by atoms with Crippen LogP contribution in [-0.2, 0) is 11.3 Å². The van der Waals surface area contributed by atoms with Crippen LogP contribution in [0, 0.1) is 5.92 Å². The number of hydrogen-bond donors (Lipinski definition) is 2. The summed E-state index contributed by atoms with van der Waals surface area (Å²) in [6.45, 7) is 2.21. The number of carbonyl (C=O) groups excluding carboxylic acids is 1. The van der Waals surface area contributed by atoms with Gasteiger partial charge in [0.1, 0.15) is 5.82 Å². The van der Waals surface area contributed by atoms with Gasteiger partial charge in [-0.05, 0) is 24.5 Å². The summed E-state index contributed by atoms with van der Waals surface area (Å²) in [4.78, 5) is 18.2. The maximum Gasteiger partial charge on any atom is 0.224 e. The molecule has 0 aliphatic carbocycles. The van der Waals surface area contributed by atoms with Crippen LogP contribution in [0.15, 0.2) is 18.3 Å². The summed E-state index contributed by atoms with van der Waals surface area (Å²) in [6, 6.07) is 3.97. The van der Waals surface area contributed by atoms with Gasteiger partial charge in [0.25, 0.3) is 0 Å². The zero-order valence-corrected chi connectivity index (χ0v) is 10.7. The highest BCUT2D eigenvalue weighted by Gasteiger charge is 2.25. The summed E-state index contributed by atoms with van der Waals surface area (Å²) in [5.41, 5.74) is 6.58. The van der Waals surface area contributed by atoms with Crippen molar-refractivity contribution in [2.75, 3.05) is 25.0 Å². The van der Waals surface area contributed by atoms with Crippen LogP contribution in [-0.4, -0.2) is 31.0 Å². The van der Waals surface area contributed by atoms with Crippen molar-refractivity contribution in [2.24, 2.45) is 11.7 Å². The van der Waals surface area contributed by atoms with Gasteiger partial charge < -0.3 is 16.0 Å². The Labute approximate surface area is 107 Å². The highest BCUT2D eigenvalue weighted by atomic mass is 16.1. The second kappa shape index (κ2) is 5.82. The monoisotopic (exact) mass is 248 g/mol. The third kappa shape index (κ3) is 2.79. The van der Waals surface area contributed by atoms with Gasteiger partial charge in [-0.2, -0.15) is 0 Å². The predicted molar refractivity (Wildman–Crippen MR) is 71.1 cm³/mol. The zero-order chi connectivity index (χ0) is 13.0. The second-order valence-corrected chi connectivity index (χ2v) is 4.63. The molecule has 18 heavy (non-hydrogen) atoms. The first-order valence-corrected chi connectivity index (χ1v) is 6.36. The summed E-state index contributed by atoms with van der Waals surface area (Å²) >= 11 is 0. The van der Waals surface area contributed by atoms with Crippen molar-refractivity contribution in [3.8, 4) is 0 Å². The molecule has 0 saturated carbocycles. The summed E-state index contributed by atoms with van der Waals surface area (Å²) in [7, 11) is 1.69. The zero-order valence-electron chi connectivity index (χ0n) is 10.7.